The lowest BCUT2D eigenvalue weighted by molar-refractivity contribution is 0.667. The molecule has 0 aliphatic carbocycles. The lowest BCUT2D eigenvalue weighted by atomic mass is 10.1. The van der Waals surface area contributed by atoms with Gasteiger partial charge in [0, 0.05) is 22.5 Å². The van der Waals surface area contributed by atoms with Crippen molar-refractivity contribution in [2.45, 2.75) is 26.8 Å². The van der Waals surface area contributed by atoms with Crippen molar-refractivity contribution in [3.05, 3.63) is 39.9 Å². The molecule has 4 heteroatoms. The molecule has 0 saturated carbocycles. The zero-order chi connectivity index (χ0) is 13.0. The summed E-state index contributed by atoms with van der Waals surface area (Å²) in [6, 6.07) is 6.09. The van der Waals surface area contributed by atoms with Gasteiger partial charge in [-0.05, 0) is 31.5 Å². The fourth-order valence-corrected chi connectivity index (χ4v) is 2.64. The molecule has 0 fully saturated rings. The van der Waals surface area contributed by atoms with E-state index in [1.54, 1.807) is 11.3 Å². The molecule has 0 saturated heterocycles. The number of hydrogen-bond acceptors (Lipinski definition) is 3. The van der Waals surface area contributed by atoms with Crippen molar-refractivity contribution >= 4 is 22.9 Å². The highest BCUT2D eigenvalue weighted by molar-refractivity contribution is 7.13. The summed E-state index contributed by atoms with van der Waals surface area (Å²) in [5.74, 6) is 0. The average Bonchev–Trinajstić information content (AvgIpc) is 2.82. The number of hydrogen-bond donors (Lipinski definition) is 1. The molecule has 0 spiro atoms. The number of benzene rings is 1. The van der Waals surface area contributed by atoms with E-state index < -0.39 is 0 Å². The second kappa shape index (κ2) is 6.32. The maximum atomic E-state index is 6.14. The molecule has 1 N–H and O–H groups in total. The third-order valence-corrected chi connectivity index (χ3v) is 4.05. The minimum absolute atomic E-state index is 0.799. The predicted molar refractivity (Wildman–Crippen MR) is 79.3 cm³/mol. The average molecular weight is 281 g/mol. The maximum absolute atomic E-state index is 6.14. The summed E-state index contributed by atoms with van der Waals surface area (Å²) in [4.78, 5) is 4.62. The lowest BCUT2D eigenvalue weighted by Crippen LogP contribution is -2.13. The number of aromatic nitrogens is 1. The van der Waals surface area contributed by atoms with Gasteiger partial charge in [-0.3, -0.25) is 0 Å². The molecule has 1 aromatic carbocycles. The summed E-state index contributed by atoms with van der Waals surface area (Å²) in [5.41, 5.74) is 3.29. The monoisotopic (exact) mass is 280 g/mol. The van der Waals surface area contributed by atoms with Gasteiger partial charge in [-0.15, -0.1) is 11.3 Å². The largest absolute Gasteiger partial charge is 0.311 e. The van der Waals surface area contributed by atoms with E-state index in [1.807, 2.05) is 19.1 Å². The summed E-state index contributed by atoms with van der Waals surface area (Å²) in [7, 11) is 0. The Labute approximate surface area is 117 Å². The van der Waals surface area contributed by atoms with Crippen LogP contribution in [0.1, 0.15) is 24.6 Å². The standard InChI is InChI=1S/C14H17ClN2S/c1-3-6-16-8-12-9-18-14(17-12)11-5-4-10(2)13(15)7-11/h4-5,7,9,16H,3,6,8H2,1-2H3. The summed E-state index contributed by atoms with van der Waals surface area (Å²) >= 11 is 7.80. The van der Waals surface area contributed by atoms with Crippen LogP contribution >= 0.6 is 22.9 Å². The molecule has 0 radical (unpaired) electrons. The second-order valence-electron chi connectivity index (χ2n) is 4.28. The maximum Gasteiger partial charge on any atom is 0.123 e. The van der Waals surface area contributed by atoms with E-state index in [0.717, 1.165) is 46.4 Å². The molecule has 0 amide bonds. The van der Waals surface area contributed by atoms with Gasteiger partial charge in [0.25, 0.3) is 0 Å². The molecule has 0 unspecified atom stereocenters. The Morgan fingerprint density at radius 1 is 1.39 bits per heavy atom. The first-order valence-electron chi connectivity index (χ1n) is 6.12. The fourth-order valence-electron chi connectivity index (χ4n) is 1.64. The van der Waals surface area contributed by atoms with Crippen molar-refractivity contribution in [1.82, 2.24) is 10.3 Å². The van der Waals surface area contributed by atoms with E-state index in [1.165, 1.54) is 0 Å². The third kappa shape index (κ3) is 3.31. The Kier molecular flexibility index (Phi) is 4.75. The molecule has 1 heterocycles. The van der Waals surface area contributed by atoms with Gasteiger partial charge in [0.15, 0.2) is 0 Å². The van der Waals surface area contributed by atoms with E-state index in [-0.39, 0.29) is 0 Å². The molecule has 2 rings (SSSR count). The van der Waals surface area contributed by atoms with Gasteiger partial charge in [-0.25, -0.2) is 4.98 Å². The normalized spacial score (nSPS) is 10.8. The first-order valence-corrected chi connectivity index (χ1v) is 7.38. The van der Waals surface area contributed by atoms with E-state index in [0.29, 0.717) is 0 Å². The smallest absolute Gasteiger partial charge is 0.123 e. The second-order valence-corrected chi connectivity index (χ2v) is 5.55. The van der Waals surface area contributed by atoms with E-state index in [2.05, 4.69) is 28.7 Å². The Morgan fingerprint density at radius 3 is 2.94 bits per heavy atom. The number of thiazole rings is 1. The first kappa shape index (κ1) is 13.5. The topological polar surface area (TPSA) is 24.9 Å². The van der Waals surface area contributed by atoms with Crippen LogP contribution in [0.4, 0.5) is 0 Å². The van der Waals surface area contributed by atoms with Crippen molar-refractivity contribution < 1.29 is 0 Å². The molecule has 2 aromatic rings. The van der Waals surface area contributed by atoms with Crippen LogP contribution in [0.3, 0.4) is 0 Å². The Balaban J connectivity index is 2.11. The first-order chi connectivity index (χ1) is 8.70. The zero-order valence-electron chi connectivity index (χ0n) is 10.7. The molecule has 0 aliphatic heterocycles. The van der Waals surface area contributed by atoms with Gasteiger partial charge in [0.05, 0.1) is 5.69 Å². The van der Waals surface area contributed by atoms with E-state index >= 15 is 0 Å². The summed E-state index contributed by atoms with van der Waals surface area (Å²) in [6.07, 6.45) is 1.14. The van der Waals surface area contributed by atoms with Crippen LogP contribution in [0.25, 0.3) is 10.6 Å². The van der Waals surface area contributed by atoms with Gasteiger partial charge >= 0.3 is 0 Å². The van der Waals surface area contributed by atoms with Gasteiger partial charge in [-0.2, -0.15) is 0 Å². The summed E-state index contributed by atoms with van der Waals surface area (Å²) in [6.45, 7) is 6.04. The SMILES string of the molecule is CCCNCc1csc(-c2ccc(C)c(Cl)c2)n1. The van der Waals surface area contributed by atoms with Crippen LogP contribution in [0, 0.1) is 6.92 Å². The van der Waals surface area contributed by atoms with Crippen LogP contribution < -0.4 is 5.32 Å². The highest BCUT2D eigenvalue weighted by Crippen LogP contribution is 2.27. The van der Waals surface area contributed by atoms with Crippen LogP contribution in [0.5, 0.6) is 0 Å². The Bertz CT molecular complexity index is 522. The van der Waals surface area contributed by atoms with E-state index in [4.69, 9.17) is 11.6 Å². The number of rotatable bonds is 5. The molecule has 96 valence electrons. The minimum atomic E-state index is 0.799. The predicted octanol–water partition coefficient (Wildman–Crippen LogP) is 4.27. The van der Waals surface area contributed by atoms with Gasteiger partial charge in [-0.1, -0.05) is 30.7 Å². The van der Waals surface area contributed by atoms with Crippen molar-refractivity contribution in [3.63, 3.8) is 0 Å². The fraction of sp³-hybridized carbons (Fsp3) is 0.357. The van der Waals surface area contributed by atoms with Gasteiger partial charge in [0.1, 0.15) is 5.01 Å². The number of aryl methyl sites for hydroxylation is 1. The quantitative estimate of drug-likeness (QED) is 0.827. The van der Waals surface area contributed by atoms with Crippen LogP contribution in [-0.4, -0.2) is 11.5 Å². The molecule has 0 atom stereocenters. The zero-order valence-corrected chi connectivity index (χ0v) is 12.2. The van der Waals surface area contributed by atoms with E-state index in [9.17, 15) is 0 Å². The Hall–Kier alpha value is -0.900. The lowest BCUT2D eigenvalue weighted by Gasteiger charge is -2.01. The van der Waals surface area contributed by atoms with Gasteiger partial charge in [0.2, 0.25) is 0 Å². The van der Waals surface area contributed by atoms with Gasteiger partial charge < -0.3 is 5.32 Å². The highest BCUT2D eigenvalue weighted by atomic mass is 35.5. The summed E-state index contributed by atoms with van der Waals surface area (Å²) in [5, 5.41) is 7.29. The van der Waals surface area contributed by atoms with Crippen LogP contribution in [0.15, 0.2) is 23.6 Å². The molecular weight excluding hydrogens is 264 g/mol. The van der Waals surface area contributed by atoms with Crippen molar-refractivity contribution in [2.75, 3.05) is 6.54 Å². The van der Waals surface area contributed by atoms with Crippen molar-refractivity contribution in [3.8, 4) is 10.6 Å². The van der Waals surface area contributed by atoms with Crippen LogP contribution in [0.2, 0.25) is 5.02 Å². The molecule has 0 bridgehead atoms. The highest BCUT2D eigenvalue weighted by Gasteiger charge is 2.06. The number of halogens is 1. The minimum Gasteiger partial charge on any atom is -0.311 e. The number of nitrogens with one attached hydrogen (secondary N) is 1. The molecule has 2 nitrogen and oxygen atoms in total. The molecule has 0 aliphatic rings. The van der Waals surface area contributed by atoms with Crippen molar-refractivity contribution in [1.29, 1.82) is 0 Å². The molecular formula is C14H17ClN2S. The molecule has 18 heavy (non-hydrogen) atoms. The number of nitrogens with zero attached hydrogens (tertiary/aromatic N) is 1. The van der Waals surface area contributed by atoms with Crippen LogP contribution in [-0.2, 0) is 6.54 Å². The summed E-state index contributed by atoms with van der Waals surface area (Å²) < 4.78 is 0. The third-order valence-electron chi connectivity index (χ3n) is 2.70. The molecule has 1 aromatic heterocycles. The van der Waals surface area contributed by atoms with Crippen molar-refractivity contribution in [2.24, 2.45) is 0 Å². The Morgan fingerprint density at radius 2 is 2.22 bits per heavy atom.